The zero-order valence-electron chi connectivity index (χ0n) is 10.5. The molecule has 0 aromatic heterocycles. The maximum absolute atomic E-state index is 11.3. The van der Waals surface area contributed by atoms with Gasteiger partial charge in [0.25, 0.3) is 0 Å². The fraction of sp³-hybridized carbons (Fsp3) is 0. The topological polar surface area (TPSA) is 74.6 Å². The highest BCUT2D eigenvalue weighted by Gasteiger charge is 2.12. The van der Waals surface area contributed by atoms with E-state index < -0.39 is 11.9 Å². The van der Waals surface area contributed by atoms with E-state index in [0.29, 0.717) is 16.7 Å². The maximum atomic E-state index is 11.3. The van der Waals surface area contributed by atoms with Crippen LogP contribution in [-0.2, 0) is 4.79 Å². The summed E-state index contributed by atoms with van der Waals surface area (Å²) in [5.74, 6) is -2.07. The highest BCUT2D eigenvalue weighted by atomic mass is 16.4. The molecule has 0 aliphatic rings. The molecule has 0 saturated heterocycles. The molecule has 2 aromatic rings. The molecular weight excluding hydrogens is 256 g/mol. The Bertz CT molecular complexity index is 686. The largest absolute Gasteiger partial charge is 0.478 e. The van der Waals surface area contributed by atoms with Gasteiger partial charge in [-0.2, -0.15) is 0 Å². The highest BCUT2D eigenvalue weighted by molar-refractivity contribution is 5.98. The first-order valence-electron chi connectivity index (χ1n) is 5.92. The molecule has 0 spiro atoms. The lowest BCUT2D eigenvalue weighted by atomic mass is 9.95. The van der Waals surface area contributed by atoms with Gasteiger partial charge in [-0.25, -0.2) is 9.59 Å². The molecule has 0 aliphatic heterocycles. The van der Waals surface area contributed by atoms with Crippen molar-refractivity contribution in [2.24, 2.45) is 0 Å². The molecular formula is C16H12O4. The normalized spacial score (nSPS) is 10.6. The zero-order valence-corrected chi connectivity index (χ0v) is 10.5. The lowest BCUT2D eigenvalue weighted by molar-refractivity contribution is -0.131. The fourth-order valence-electron chi connectivity index (χ4n) is 1.95. The fourth-order valence-corrected chi connectivity index (χ4v) is 1.95. The van der Waals surface area contributed by atoms with Gasteiger partial charge in [-0.15, -0.1) is 0 Å². The van der Waals surface area contributed by atoms with Crippen LogP contribution >= 0.6 is 0 Å². The smallest absolute Gasteiger partial charge is 0.336 e. The summed E-state index contributed by atoms with van der Waals surface area (Å²) in [6.07, 6.45) is 2.48. The monoisotopic (exact) mass is 268 g/mol. The Labute approximate surface area is 115 Å². The minimum absolute atomic E-state index is 0.184. The molecule has 2 N–H and O–H groups in total. The van der Waals surface area contributed by atoms with Gasteiger partial charge in [0.1, 0.15) is 0 Å². The van der Waals surface area contributed by atoms with Crippen molar-refractivity contribution in [2.45, 2.75) is 0 Å². The maximum Gasteiger partial charge on any atom is 0.336 e. The van der Waals surface area contributed by atoms with Crippen molar-refractivity contribution < 1.29 is 19.8 Å². The van der Waals surface area contributed by atoms with E-state index in [4.69, 9.17) is 5.11 Å². The van der Waals surface area contributed by atoms with Crippen molar-refractivity contribution in [3.05, 3.63) is 65.7 Å². The summed E-state index contributed by atoms with van der Waals surface area (Å²) in [4.78, 5) is 21.9. The third-order valence-electron chi connectivity index (χ3n) is 2.81. The van der Waals surface area contributed by atoms with Crippen LogP contribution < -0.4 is 0 Å². The number of carboxylic acid groups (broad SMARTS) is 2. The van der Waals surface area contributed by atoms with Crippen LogP contribution in [0.5, 0.6) is 0 Å². The molecule has 0 atom stereocenters. The van der Waals surface area contributed by atoms with Gasteiger partial charge in [-0.1, -0.05) is 42.5 Å². The quantitative estimate of drug-likeness (QED) is 0.835. The summed E-state index contributed by atoms with van der Waals surface area (Å²) in [7, 11) is 0. The van der Waals surface area contributed by atoms with E-state index in [2.05, 4.69) is 0 Å². The standard InChI is InChI=1S/C16H12O4/c17-15(18)10-9-11-5-1-2-6-12(11)13-7-3-4-8-14(13)16(19)20/h1-10H,(H,17,18)(H,19,20). The zero-order chi connectivity index (χ0) is 14.5. The van der Waals surface area contributed by atoms with Crippen LogP contribution in [0.1, 0.15) is 15.9 Å². The summed E-state index contributed by atoms with van der Waals surface area (Å²) < 4.78 is 0. The van der Waals surface area contributed by atoms with E-state index in [1.165, 1.54) is 12.1 Å². The molecule has 100 valence electrons. The Morgan fingerprint density at radius 2 is 1.45 bits per heavy atom. The second kappa shape index (κ2) is 5.84. The van der Waals surface area contributed by atoms with Gasteiger partial charge in [0.2, 0.25) is 0 Å². The SMILES string of the molecule is O=C(O)C=Cc1ccccc1-c1ccccc1C(=O)O. The van der Waals surface area contributed by atoms with E-state index in [1.54, 1.807) is 42.5 Å². The molecule has 0 amide bonds. The lowest BCUT2D eigenvalue weighted by Crippen LogP contribution is -1.99. The van der Waals surface area contributed by atoms with Crippen LogP contribution in [0.2, 0.25) is 0 Å². The number of rotatable bonds is 4. The number of aromatic carboxylic acids is 1. The van der Waals surface area contributed by atoms with Crippen LogP contribution in [0.25, 0.3) is 17.2 Å². The van der Waals surface area contributed by atoms with Crippen LogP contribution in [0.15, 0.2) is 54.6 Å². The van der Waals surface area contributed by atoms with Crippen LogP contribution in [0.4, 0.5) is 0 Å². The van der Waals surface area contributed by atoms with Gasteiger partial charge in [-0.3, -0.25) is 0 Å². The van der Waals surface area contributed by atoms with E-state index in [0.717, 1.165) is 6.08 Å². The van der Waals surface area contributed by atoms with E-state index in [9.17, 15) is 14.7 Å². The average molecular weight is 268 g/mol. The van der Waals surface area contributed by atoms with E-state index in [1.807, 2.05) is 0 Å². The number of hydrogen-bond acceptors (Lipinski definition) is 2. The average Bonchev–Trinajstić information content (AvgIpc) is 2.45. The van der Waals surface area contributed by atoms with Crippen molar-refractivity contribution >= 4 is 18.0 Å². The van der Waals surface area contributed by atoms with Crippen LogP contribution in [0, 0.1) is 0 Å². The van der Waals surface area contributed by atoms with Gasteiger partial charge >= 0.3 is 11.9 Å². The molecule has 20 heavy (non-hydrogen) atoms. The molecule has 4 nitrogen and oxygen atoms in total. The van der Waals surface area contributed by atoms with E-state index >= 15 is 0 Å². The van der Waals surface area contributed by atoms with Crippen molar-refractivity contribution in [3.8, 4) is 11.1 Å². The Morgan fingerprint density at radius 3 is 2.10 bits per heavy atom. The minimum Gasteiger partial charge on any atom is -0.478 e. The van der Waals surface area contributed by atoms with Gasteiger partial charge < -0.3 is 10.2 Å². The minimum atomic E-state index is -1.05. The predicted octanol–water partition coefficient (Wildman–Crippen LogP) is 3.15. The van der Waals surface area contributed by atoms with Gasteiger partial charge in [-0.05, 0) is 28.8 Å². The number of aliphatic carboxylic acids is 1. The van der Waals surface area contributed by atoms with Crippen molar-refractivity contribution in [1.82, 2.24) is 0 Å². The number of carboxylic acids is 2. The molecule has 0 radical (unpaired) electrons. The number of benzene rings is 2. The third-order valence-corrected chi connectivity index (χ3v) is 2.81. The van der Waals surface area contributed by atoms with Crippen LogP contribution in [-0.4, -0.2) is 22.2 Å². The predicted molar refractivity (Wildman–Crippen MR) is 75.5 cm³/mol. The Morgan fingerprint density at radius 1 is 0.850 bits per heavy atom. The Balaban J connectivity index is 2.59. The molecule has 0 saturated carbocycles. The van der Waals surface area contributed by atoms with Crippen molar-refractivity contribution in [3.63, 3.8) is 0 Å². The summed E-state index contributed by atoms with van der Waals surface area (Å²) in [6.45, 7) is 0. The second-order valence-electron chi connectivity index (χ2n) is 4.11. The second-order valence-corrected chi connectivity index (χ2v) is 4.11. The molecule has 0 aliphatic carbocycles. The number of hydrogen-bond donors (Lipinski definition) is 2. The summed E-state index contributed by atoms with van der Waals surface area (Å²) in [5.41, 5.74) is 2.08. The Kier molecular flexibility index (Phi) is 3.96. The molecule has 2 aromatic carbocycles. The first kappa shape index (κ1) is 13.5. The lowest BCUT2D eigenvalue weighted by Gasteiger charge is -2.09. The summed E-state index contributed by atoms with van der Waals surface area (Å²) in [5, 5.41) is 17.9. The number of carbonyl (C=O) groups is 2. The molecule has 0 unspecified atom stereocenters. The third kappa shape index (κ3) is 2.92. The molecule has 0 bridgehead atoms. The first-order chi connectivity index (χ1) is 9.59. The van der Waals surface area contributed by atoms with E-state index in [-0.39, 0.29) is 5.56 Å². The van der Waals surface area contributed by atoms with Gasteiger partial charge in [0.05, 0.1) is 5.56 Å². The first-order valence-corrected chi connectivity index (χ1v) is 5.92. The summed E-state index contributed by atoms with van der Waals surface area (Å²) >= 11 is 0. The van der Waals surface area contributed by atoms with Crippen LogP contribution in [0.3, 0.4) is 0 Å². The van der Waals surface area contributed by atoms with Gasteiger partial charge in [0, 0.05) is 6.08 Å². The summed E-state index contributed by atoms with van der Waals surface area (Å²) in [6, 6.07) is 13.7. The molecule has 0 heterocycles. The van der Waals surface area contributed by atoms with Gasteiger partial charge in [0.15, 0.2) is 0 Å². The highest BCUT2D eigenvalue weighted by Crippen LogP contribution is 2.28. The van der Waals surface area contributed by atoms with Crippen molar-refractivity contribution in [2.75, 3.05) is 0 Å². The Hall–Kier alpha value is -2.88. The molecule has 4 heteroatoms. The molecule has 2 rings (SSSR count). The van der Waals surface area contributed by atoms with Crippen molar-refractivity contribution in [1.29, 1.82) is 0 Å². The molecule has 0 fully saturated rings.